The molecule has 7 nitrogen and oxygen atoms in total. The summed E-state index contributed by atoms with van der Waals surface area (Å²) in [5.74, 6) is -3.16. The van der Waals surface area contributed by atoms with Crippen molar-refractivity contribution in [3.8, 4) is 0 Å². The zero-order valence-corrected chi connectivity index (χ0v) is 18.7. The van der Waals surface area contributed by atoms with Gasteiger partial charge in [-0.1, -0.05) is 35.8 Å². The van der Waals surface area contributed by atoms with Crippen LogP contribution in [0.15, 0.2) is 40.9 Å². The maximum absolute atomic E-state index is 14.6. The summed E-state index contributed by atoms with van der Waals surface area (Å²) in [5, 5.41) is 16.7. The number of urea groups is 1. The molecule has 31 heavy (non-hydrogen) atoms. The monoisotopic (exact) mass is 496 g/mol. The Kier molecular flexibility index (Phi) is 6.93. The van der Waals surface area contributed by atoms with Gasteiger partial charge in [0.15, 0.2) is 0 Å². The second kappa shape index (κ2) is 9.29. The van der Waals surface area contributed by atoms with Crippen molar-refractivity contribution >= 4 is 39.2 Å². The van der Waals surface area contributed by atoms with E-state index >= 15 is 0 Å². The summed E-state index contributed by atoms with van der Waals surface area (Å²) in [6.45, 7) is 6.14. The third kappa shape index (κ3) is 4.28. The van der Waals surface area contributed by atoms with E-state index in [0.29, 0.717) is 15.9 Å². The van der Waals surface area contributed by atoms with Gasteiger partial charge in [-0.15, -0.1) is 0 Å². The molecule has 0 unspecified atom stereocenters. The van der Waals surface area contributed by atoms with Crippen LogP contribution in [-0.4, -0.2) is 48.1 Å². The molecule has 0 spiro atoms. The highest BCUT2D eigenvalue weighted by atomic mass is 79.9. The van der Waals surface area contributed by atoms with Crippen LogP contribution in [0.5, 0.6) is 0 Å². The molecule has 1 aliphatic heterocycles. The molecule has 3 amide bonds. The number of hydrogen-bond donors (Lipinski definition) is 3. The molecule has 0 fully saturated rings. The molecule has 0 radical (unpaired) electrons. The predicted octanol–water partition coefficient (Wildman–Crippen LogP) is 3.38. The summed E-state index contributed by atoms with van der Waals surface area (Å²) in [6, 6.07) is 6.49. The Balaban J connectivity index is 2.09. The van der Waals surface area contributed by atoms with Gasteiger partial charge in [-0.3, -0.25) is 4.79 Å². The quantitative estimate of drug-likeness (QED) is 0.548. The molecule has 0 aromatic heterocycles. The fourth-order valence-electron chi connectivity index (χ4n) is 3.53. The molecule has 0 aliphatic carbocycles. The first kappa shape index (κ1) is 23.1. The van der Waals surface area contributed by atoms with Crippen molar-refractivity contribution in [1.82, 2.24) is 10.2 Å². The first-order valence-corrected chi connectivity index (χ1v) is 10.6. The maximum atomic E-state index is 14.6. The number of amides is 3. The van der Waals surface area contributed by atoms with E-state index in [0.717, 1.165) is 31.3 Å². The smallest absolute Gasteiger partial charge is 0.329 e. The zero-order valence-electron chi connectivity index (χ0n) is 17.1. The van der Waals surface area contributed by atoms with Crippen molar-refractivity contribution in [3.63, 3.8) is 0 Å². The van der Waals surface area contributed by atoms with Crippen LogP contribution in [0.1, 0.15) is 19.4 Å². The minimum atomic E-state index is -2.69. The maximum Gasteiger partial charge on any atom is 0.329 e. The average molecular weight is 497 g/mol. The van der Waals surface area contributed by atoms with Crippen molar-refractivity contribution < 1.29 is 23.5 Å². The van der Waals surface area contributed by atoms with Crippen molar-refractivity contribution in [2.45, 2.75) is 19.6 Å². The van der Waals surface area contributed by atoms with Gasteiger partial charge in [0.05, 0.1) is 5.69 Å². The molecule has 1 atom stereocenters. The number of carbonyl (C=O) groups excluding carboxylic acids is 2. The first-order valence-electron chi connectivity index (χ1n) is 9.82. The fraction of sp³-hybridized carbons (Fsp3) is 0.333. The third-order valence-corrected chi connectivity index (χ3v) is 5.70. The number of para-hydroxylation sites is 1. The molecule has 0 saturated carbocycles. The van der Waals surface area contributed by atoms with Gasteiger partial charge < -0.3 is 20.6 Å². The Morgan fingerprint density at radius 1 is 1.23 bits per heavy atom. The number of halogens is 3. The number of hydrogen-bond acceptors (Lipinski definition) is 4. The highest BCUT2D eigenvalue weighted by molar-refractivity contribution is 9.10. The number of likely N-dealkylation sites (N-methyl/N-ethyl adjacent to an activating group) is 1. The number of carbonyl (C=O) groups is 2. The molecular weight excluding hydrogens is 474 g/mol. The Hall–Kier alpha value is -2.56. The highest BCUT2D eigenvalue weighted by Crippen LogP contribution is 2.42. The van der Waals surface area contributed by atoms with E-state index in [4.69, 9.17) is 0 Å². The van der Waals surface area contributed by atoms with Crippen LogP contribution in [0.4, 0.5) is 25.0 Å². The molecule has 2 aromatic carbocycles. The molecule has 3 rings (SSSR count). The second-order valence-corrected chi connectivity index (χ2v) is 7.90. The molecule has 2 aromatic rings. The molecule has 166 valence electrons. The van der Waals surface area contributed by atoms with E-state index < -0.39 is 35.0 Å². The zero-order chi connectivity index (χ0) is 22.8. The Morgan fingerprint density at radius 3 is 2.48 bits per heavy atom. The molecular formula is C21H23BrF2N4O3. The fourth-order valence-corrected chi connectivity index (χ4v) is 3.89. The summed E-state index contributed by atoms with van der Waals surface area (Å²) < 4.78 is 29.7. The second-order valence-electron chi connectivity index (χ2n) is 6.98. The van der Waals surface area contributed by atoms with Crippen LogP contribution in [0.3, 0.4) is 0 Å². The largest absolute Gasteiger partial charge is 0.359 e. The average Bonchev–Trinajstić information content (AvgIpc) is 2.73. The molecule has 1 heterocycles. The lowest BCUT2D eigenvalue weighted by atomic mass is 9.94. The van der Waals surface area contributed by atoms with E-state index in [-0.39, 0.29) is 17.8 Å². The van der Waals surface area contributed by atoms with Crippen molar-refractivity contribution in [1.29, 1.82) is 0 Å². The third-order valence-electron chi connectivity index (χ3n) is 5.21. The van der Waals surface area contributed by atoms with Crippen LogP contribution in [0, 0.1) is 11.6 Å². The van der Waals surface area contributed by atoms with Crippen LogP contribution in [0.25, 0.3) is 0 Å². The summed E-state index contributed by atoms with van der Waals surface area (Å²) in [4.78, 5) is 28.6. The van der Waals surface area contributed by atoms with Gasteiger partial charge >= 0.3 is 6.03 Å². The van der Waals surface area contributed by atoms with Crippen LogP contribution in [-0.2, 0) is 10.5 Å². The van der Waals surface area contributed by atoms with Gasteiger partial charge in [-0.25, -0.2) is 18.5 Å². The van der Waals surface area contributed by atoms with Crippen molar-refractivity contribution in [2.24, 2.45) is 0 Å². The number of nitrogens with one attached hydrogen (secondary N) is 2. The van der Waals surface area contributed by atoms with Gasteiger partial charge in [-0.05, 0) is 43.4 Å². The Labute approximate surface area is 187 Å². The minimum absolute atomic E-state index is 0.0236. The molecule has 0 bridgehead atoms. The van der Waals surface area contributed by atoms with Gasteiger partial charge in [-0.2, -0.15) is 0 Å². The minimum Gasteiger partial charge on any atom is -0.359 e. The number of benzene rings is 2. The number of nitrogens with zero attached hydrogens (tertiary/aromatic N) is 2. The standard InChI is InChI=1S/C21H23BrF2N4O3/c1-3-27(4-2)11-10-25-19(29)21(31)14-12-13(22)8-9-17(14)26-20(30)28(21)18-15(23)6-5-7-16(18)24/h5-9,12,31H,3-4,10-11H2,1-2H3,(H,25,29)(H,26,30)/t21-/m1/s1. The first-order chi connectivity index (χ1) is 14.7. The molecule has 10 heteroatoms. The van der Waals surface area contributed by atoms with Crippen molar-refractivity contribution in [2.75, 3.05) is 36.4 Å². The lowest BCUT2D eigenvalue weighted by Gasteiger charge is -2.42. The molecule has 1 aliphatic rings. The summed E-state index contributed by atoms with van der Waals surface area (Å²) in [5.41, 5.74) is -3.38. The Morgan fingerprint density at radius 2 is 1.87 bits per heavy atom. The van der Waals surface area contributed by atoms with Crippen LogP contribution in [0.2, 0.25) is 0 Å². The lowest BCUT2D eigenvalue weighted by molar-refractivity contribution is -0.140. The van der Waals surface area contributed by atoms with Gasteiger partial charge in [0, 0.05) is 23.1 Å². The number of aliphatic hydroxyl groups is 1. The number of fused-ring (bicyclic) bond motifs is 1. The summed E-state index contributed by atoms with van der Waals surface area (Å²) >= 11 is 3.27. The van der Waals surface area contributed by atoms with Crippen LogP contribution < -0.4 is 15.5 Å². The van der Waals surface area contributed by atoms with Gasteiger partial charge in [0.25, 0.3) is 11.6 Å². The molecule has 3 N–H and O–H groups in total. The van der Waals surface area contributed by atoms with E-state index in [2.05, 4.69) is 31.5 Å². The van der Waals surface area contributed by atoms with E-state index in [9.17, 15) is 23.5 Å². The van der Waals surface area contributed by atoms with E-state index in [1.54, 1.807) is 6.07 Å². The predicted molar refractivity (Wildman–Crippen MR) is 117 cm³/mol. The van der Waals surface area contributed by atoms with Crippen molar-refractivity contribution in [3.05, 3.63) is 58.1 Å². The Bertz CT molecular complexity index is 982. The van der Waals surface area contributed by atoms with Gasteiger partial charge in [0.1, 0.15) is 17.3 Å². The number of anilines is 2. The topological polar surface area (TPSA) is 84.9 Å². The normalized spacial score (nSPS) is 18.0. The summed E-state index contributed by atoms with van der Waals surface area (Å²) in [7, 11) is 0. The van der Waals surface area contributed by atoms with E-state index in [1.165, 1.54) is 12.1 Å². The SMILES string of the molecule is CCN(CC)CCNC(=O)[C@]1(O)c2cc(Br)ccc2NC(=O)N1c1c(F)cccc1F. The van der Waals surface area contributed by atoms with Gasteiger partial charge in [0.2, 0.25) is 0 Å². The van der Waals surface area contributed by atoms with E-state index in [1.807, 2.05) is 13.8 Å². The number of rotatable bonds is 7. The summed E-state index contributed by atoms with van der Waals surface area (Å²) in [6.07, 6.45) is 0. The lowest BCUT2D eigenvalue weighted by Crippen LogP contribution is -2.63. The molecule has 0 saturated heterocycles. The highest BCUT2D eigenvalue weighted by Gasteiger charge is 2.53. The van der Waals surface area contributed by atoms with Crippen LogP contribution >= 0.6 is 15.9 Å².